The molecular weight excluding hydrogens is 215 g/mol. The fraction of sp³-hybridized carbons (Fsp3) is 0.571. The van der Waals surface area contributed by atoms with Gasteiger partial charge < -0.3 is 10.6 Å². The van der Waals surface area contributed by atoms with Crippen LogP contribution in [0.5, 0.6) is 0 Å². The van der Waals surface area contributed by atoms with E-state index in [2.05, 4.69) is 24.5 Å². The van der Waals surface area contributed by atoms with Gasteiger partial charge in [-0.3, -0.25) is 0 Å². The van der Waals surface area contributed by atoms with Gasteiger partial charge in [0.15, 0.2) is 0 Å². The first kappa shape index (κ1) is 12.5. The van der Waals surface area contributed by atoms with Crippen LogP contribution in [0.2, 0.25) is 0 Å². The topological polar surface area (TPSA) is 24.1 Å². The molecule has 3 heteroatoms. The van der Waals surface area contributed by atoms with E-state index < -0.39 is 0 Å². The number of halogens is 1. The molecule has 0 radical (unpaired) electrons. The molecule has 0 spiro atoms. The van der Waals surface area contributed by atoms with Gasteiger partial charge in [-0.1, -0.05) is 26.0 Å². The van der Waals surface area contributed by atoms with Gasteiger partial charge in [-0.25, -0.2) is 4.39 Å². The second-order valence-corrected chi connectivity index (χ2v) is 5.52. The van der Waals surface area contributed by atoms with Crippen LogP contribution in [-0.4, -0.2) is 19.1 Å². The number of hydrogen-bond donors (Lipinski definition) is 2. The fourth-order valence-electron chi connectivity index (χ4n) is 2.44. The zero-order chi connectivity index (χ0) is 12.3. The Labute approximate surface area is 103 Å². The molecule has 17 heavy (non-hydrogen) atoms. The van der Waals surface area contributed by atoms with Crippen molar-refractivity contribution in [2.45, 2.75) is 32.9 Å². The molecule has 0 saturated carbocycles. The van der Waals surface area contributed by atoms with E-state index in [1.165, 1.54) is 6.07 Å². The van der Waals surface area contributed by atoms with E-state index in [-0.39, 0.29) is 11.2 Å². The number of rotatable bonds is 3. The highest BCUT2D eigenvalue weighted by atomic mass is 19.1. The monoisotopic (exact) mass is 236 g/mol. The van der Waals surface area contributed by atoms with Gasteiger partial charge in [0.2, 0.25) is 0 Å². The molecular formula is C14H21FN2. The van der Waals surface area contributed by atoms with Crippen LogP contribution in [-0.2, 0) is 6.54 Å². The molecule has 1 atom stereocenters. The number of benzene rings is 1. The minimum Gasteiger partial charge on any atom is -0.316 e. The predicted molar refractivity (Wildman–Crippen MR) is 68.3 cm³/mol. The van der Waals surface area contributed by atoms with Crippen molar-refractivity contribution in [2.24, 2.45) is 5.41 Å². The maximum atomic E-state index is 13.0. The van der Waals surface area contributed by atoms with Gasteiger partial charge in [0, 0.05) is 19.1 Å². The average molecular weight is 236 g/mol. The van der Waals surface area contributed by atoms with Gasteiger partial charge in [0.1, 0.15) is 5.82 Å². The summed E-state index contributed by atoms with van der Waals surface area (Å²) in [5.74, 6) is -0.158. The quantitative estimate of drug-likeness (QED) is 0.841. The van der Waals surface area contributed by atoms with Crippen molar-refractivity contribution in [2.75, 3.05) is 13.1 Å². The molecule has 1 saturated heterocycles. The summed E-state index contributed by atoms with van der Waals surface area (Å²) < 4.78 is 13.0. The smallest absolute Gasteiger partial charge is 0.123 e. The zero-order valence-corrected chi connectivity index (χ0v) is 10.6. The number of nitrogens with one attached hydrogen (secondary N) is 2. The van der Waals surface area contributed by atoms with Crippen LogP contribution in [0.4, 0.5) is 4.39 Å². The first-order valence-electron chi connectivity index (χ1n) is 6.26. The van der Waals surface area contributed by atoms with Crippen LogP contribution >= 0.6 is 0 Å². The summed E-state index contributed by atoms with van der Waals surface area (Å²) in [7, 11) is 0. The second kappa shape index (κ2) is 5.15. The Bertz CT molecular complexity index is 376. The van der Waals surface area contributed by atoms with Gasteiger partial charge in [-0.2, -0.15) is 0 Å². The molecule has 0 amide bonds. The fourth-order valence-corrected chi connectivity index (χ4v) is 2.44. The van der Waals surface area contributed by atoms with Crippen LogP contribution in [0.1, 0.15) is 25.8 Å². The van der Waals surface area contributed by atoms with Gasteiger partial charge in [0.25, 0.3) is 0 Å². The minimum absolute atomic E-state index is 0.158. The summed E-state index contributed by atoms with van der Waals surface area (Å²) in [5, 5.41) is 6.96. The summed E-state index contributed by atoms with van der Waals surface area (Å²) in [6.07, 6.45) is 1.13. The molecule has 1 fully saturated rings. The lowest BCUT2D eigenvalue weighted by molar-refractivity contribution is 0.184. The van der Waals surface area contributed by atoms with Crippen LogP contribution in [0.25, 0.3) is 0 Å². The molecule has 1 heterocycles. The molecule has 1 aromatic carbocycles. The Morgan fingerprint density at radius 3 is 3.00 bits per heavy atom. The summed E-state index contributed by atoms with van der Waals surface area (Å²) in [6.45, 7) is 7.37. The maximum Gasteiger partial charge on any atom is 0.123 e. The van der Waals surface area contributed by atoms with Crippen molar-refractivity contribution in [1.29, 1.82) is 0 Å². The lowest BCUT2D eigenvalue weighted by atomic mass is 9.80. The molecule has 1 aromatic rings. The number of hydrogen-bond acceptors (Lipinski definition) is 2. The maximum absolute atomic E-state index is 13.0. The van der Waals surface area contributed by atoms with Crippen LogP contribution < -0.4 is 10.6 Å². The molecule has 1 aliphatic rings. The Morgan fingerprint density at radius 1 is 1.47 bits per heavy atom. The van der Waals surface area contributed by atoms with E-state index in [4.69, 9.17) is 0 Å². The third-order valence-corrected chi connectivity index (χ3v) is 3.58. The van der Waals surface area contributed by atoms with Crippen molar-refractivity contribution in [3.05, 3.63) is 35.6 Å². The van der Waals surface area contributed by atoms with Crippen molar-refractivity contribution in [3.8, 4) is 0 Å². The predicted octanol–water partition coefficient (Wildman–Crippen LogP) is 2.30. The lowest BCUT2D eigenvalue weighted by Crippen LogP contribution is -2.52. The third kappa shape index (κ3) is 3.27. The van der Waals surface area contributed by atoms with Gasteiger partial charge >= 0.3 is 0 Å². The van der Waals surface area contributed by atoms with Gasteiger partial charge in [-0.15, -0.1) is 0 Å². The Kier molecular flexibility index (Phi) is 3.79. The van der Waals surface area contributed by atoms with Crippen LogP contribution in [0.3, 0.4) is 0 Å². The molecule has 94 valence electrons. The minimum atomic E-state index is -0.158. The average Bonchev–Trinajstić information content (AvgIpc) is 2.27. The van der Waals surface area contributed by atoms with Gasteiger partial charge in [0.05, 0.1) is 0 Å². The van der Waals surface area contributed by atoms with E-state index in [0.717, 1.165) is 31.6 Å². The van der Waals surface area contributed by atoms with Crippen molar-refractivity contribution in [1.82, 2.24) is 10.6 Å². The largest absolute Gasteiger partial charge is 0.316 e. The molecule has 2 nitrogen and oxygen atoms in total. The number of piperidine rings is 1. The first-order chi connectivity index (χ1) is 8.08. The Hall–Kier alpha value is -0.930. The molecule has 2 rings (SSSR count). The van der Waals surface area contributed by atoms with Crippen LogP contribution in [0, 0.1) is 11.2 Å². The van der Waals surface area contributed by atoms with E-state index >= 15 is 0 Å². The summed E-state index contributed by atoms with van der Waals surface area (Å²) in [6, 6.07) is 7.30. The highest BCUT2D eigenvalue weighted by molar-refractivity contribution is 5.16. The standard InChI is InChI=1S/C14H21FN2/c1-14(2)10-16-7-6-13(14)17-9-11-4-3-5-12(15)8-11/h3-5,8,13,16-17H,6-7,9-10H2,1-2H3. The lowest BCUT2D eigenvalue weighted by Gasteiger charge is -2.39. The molecule has 0 aromatic heterocycles. The summed E-state index contributed by atoms with van der Waals surface area (Å²) in [4.78, 5) is 0. The highest BCUT2D eigenvalue weighted by Gasteiger charge is 2.31. The SMILES string of the molecule is CC1(C)CNCCC1NCc1cccc(F)c1. The first-order valence-corrected chi connectivity index (χ1v) is 6.26. The van der Waals surface area contributed by atoms with E-state index in [1.807, 2.05) is 6.07 Å². The summed E-state index contributed by atoms with van der Waals surface area (Å²) >= 11 is 0. The third-order valence-electron chi connectivity index (χ3n) is 3.58. The van der Waals surface area contributed by atoms with E-state index in [0.29, 0.717) is 6.04 Å². The van der Waals surface area contributed by atoms with E-state index in [9.17, 15) is 4.39 Å². The molecule has 1 unspecified atom stereocenters. The van der Waals surface area contributed by atoms with Crippen molar-refractivity contribution < 1.29 is 4.39 Å². The van der Waals surface area contributed by atoms with Gasteiger partial charge in [-0.05, 0) is 36.1 Å². The summed E-state index contributed by atoms with van der Waals surface area (Å²) in [5.41, 5.74) is 1.27. The Balaban J connectivity index is 1.93. The Morgan fingerprint density at radius 2 is 2.29 bits per heavy atom. The molecule has 0 bridgehead atoms. The second-order valence-electron chi connectivity index (χ2n) is 5.52. The zero-order valence-electron chi connectivity index (χ0n) is 10.6. The highest BCUT2D eigenvalue weighted by Crippen LogP contribution is 2.25. The molecule has 1 aliphatic heterocycles. The van der Waals surface area contributed by atoms with Crippen LogP contribution in [0.15, 0.2) is 24.3 Å². The molecule has 2 N–H and O–H groups in total. The normalized spacial score (nSPS) is 23.6. The van der Waals surface area contributed by atoms with E-state index in [1.54, 1.807) is 12.1 Å². The molecule has 0 aliphatic carbocycles. The van der Waals surface area contributed by atoms with Crippen molar-refractivity contribution >= 4 is 0 Å². The van der Waals surface area contributed by atoms with Crippen molar-refractivity contribution in [3.63, 3.8) is 0 Å².